The van der Waals surface area contributed by atoms with E-state index < -0.39 is 0 Å². The number of hydrogen-bond acceptors (Lipinski definition) is 5. The summed E-state index contributed by atoms with van der Waals surface area (Å²) in [4.78, 5) is 10.8. The van der Waals surface area contributed by atoms with Gasteiger partial charge in [0, 0.05) is 57.4 Å². The van der Waals surface area contributed by atoms with Crippen LogP contribution < -0.4 is 0 Å². The largest absolute Gasteiger partial charge is 0.455 e. The Hall–Kier alpha value is -5.56. The molecule has 0 unspecified atom stereocenters. The van der Waals surface area contributed by atoms with Gasteiger partial charge in [-0.3, -0.25) is 4.57 Å². The van der Waals surface area contributed by atoms with Gasteiger partial charge in [-0.05, 0) is 42.5 Å². The number of para-hydroxylation sites is 3. The highest BCUT2D eigenvalue weighted by Crippen LogP contribution is 2.44. The molecule has 5 aromatic heterocycles. The molecule has 0 radical (unpaired) electrons. The monoisotopic (exact) mass is 623 g/mol. The fourth-order valence-corrected chi connectivity index (χ4v) is 9.46. The van der Waals surface area contributed by atoms with Crippen molar-refractivity contribution in [1.82, 2.24) is 14.5 Å². The van der Waals surface area contributed by atoms with E-state index in [0.717, 1.165) is 59.8 Å². The molecule has 6 heteroatoms. The lowest BCUT2D eigenvalue weighted by atomic mass is 10.1. The lowest BCUT2D eigenvalue weighted by Crippen LogP contribution is -2.02. The molecule has 0 N–H and O–H groups in total. The molecule has 0 fully saturated rings. The topological polar surface area (TPSA) is 43.9 Å². The van der Waals surface area contributed by atoms with Crippen LogP contribution in [0.3, 0.4) is 0 Å². The lowest BCUT2D eigenvalue weighted by Gasteiger charge is -2.10. The van der Waals surface area contributed by atoms with Gasteiger partial charge in [0.2, 0.25) is 5.95 Å². The zero-order valence-electron chi connectivity index (χ0n) is 24.2. The van der Waals surface area contributed by atoms with Crippen molar-refractivity contribution in [3.8, 4) is 17.2 Å². The molecule has 11 aromatic rings. The highest BCUT2D eigenvalue weighted by atomic mass is 32.1. The average Bonchev–Trinajstić information content (AvgIpc) is 3.85. The predicted octanol–water partition coefficient (Wildman–Crippen LogP) is 11.9. The molecule has 6 aromatic carbocycles. The van der Waals surface area contributed by atoms with Crippen LogP contribution >= 0.6 is 22.7 Å². The van der Waals surface area contributed by atoms with E-state index in [-0.39, 0.29) is 0 Å². The Labute approximate surface area is 269 Å². The maximum Gasteiger partial charge on any atom is 0.235 e. The fraction of sp³-hybridized carbons (Fsp3) is 0. The van der Waals surface area contributed by atoms with Crippen LogP contribution in [0.4, 0.5) is 0 Å². The van der Waals surface area contributed by atoms with Gasteiger partial charge < -0.3 is 4.42 Å². The van der Waals surface area contributed by atoms with Crippen LogP contribution in [0.15, 0.2) is 132 Å². The van der Waals surface area contributed by atoms with Gasteiger partial charge >= 0.3 is 0 Å². The molecule has 0 spiro atoms. The fourth-order valence-electron chi connectivity index (χ4n) is 7.20. The maximum absolute atomic E-state index is 6.55. The van der Waals surface area contributed by atoms with E-state index in [0.29, 0.717) is 5.95 Å². The Morgan fingerprint density at radius 3 is 2.11 bits per heavy atom. The Balaban J connectivity index is 1.29. The van der Waals surface area contributed by atoms with Gasteiger partial charge in [-0.25, -0.2) is 9.97 Å². The molecule has 11 rings (SSSR count). The van der Waals surface area contributed by atoms with E-state index in [1.165, 1.54) is 35.6 Å². The summed E-state index contributed by atoms with van der Waals surface area (Å²) in [5, 5.41) is 8.30. The van der Waals surface area contributed by atoms with Crippen molar-refractivity contribution < 1.29 is 4.42 Å². The second-order valence-corrected chi connectivity index (χ2v) is 13.9. The van der Waals surface area contributed by atoms with Gasteiger partial charge in [0.25, 0.3) is 0 Å². The highest BCUT2D eigenvalue weighted by molar-refractivity contribution is 7.26. The molecule has 0 aliphatic heterocycles. The first-order chi connectivity index (χ1) is 22.8. The van der Waals surface area contributed by atoms with E-state index in [4.69, 9.17) is 14.4 Å². The zero-order chi connectivity index (χ0) is 29.9. The Morgan fingerprint density at radius 2 is 1.22 bits per heavy atom. The zero-order valence-corrected chi connectivity index (χ0v) is 25.8. The molecule has 0 saturated heterocycles. The summed E-state index contributed by atoms with van der Waals surface area (Å²) in [5.41, 5.74) is 6.74. The molecule has 4 nitrogen and oxygen atoms in total. The van der Waals surface area contributed by atoms with Gasteiger partial charge in [-0.2, -0.15) is 0 Å². The third-order valence-electron chi connectivity index (χ3n) is 9.24. The number of aromatic nitrogens is 3. The van der Waals surface area contributed by atoms with E-state index in [9.17, 15) is 0 Å². The molecule has 214 valence electrons. The Kier molecular flexibility index (Phi) is 4.84. The molecular weight excluding hydrogens is 603 g/mol. The van der Waals surface area contributed by atoms with Crippen molar-refractivity contribution in [1.29, 1.82) is 0 Å². The third-order valence-corrected chi connectivity index (χ3v) is 11.5. The van der Waals surface area contributed by atoms with Crippen molar-refractivity contribution in [2.45, 2.75) is 0 Å². The minimum Gasteiger partial charge on any atom is -0.455 e. The second kappa shape index (κ2) is 9.01. The lowest BCUT2D eigenvalue weighted by molar-refractivity contribution is 0.670. The van der Waals surface area contributed by atoms with E-state index in [1.54, 1.807) is 11.3 Å². The molecule has 46 heavy (non-hydrogen) atoms. The number of furan rings is 1. The minimum absolute atomic E-state index is 0.658. The van der Waals surface area contributed by atoms with Gasteiger partial charge in [-0.15, -0.1) is 22.7 Å². The molecule has 0 saturated carbocycles. The summed E-state index contributed by atoms with van der Waals surface area (Å²) in [7, 11) is 0. The van der Waals surface area contributed by atoms with Crippen molar-refractivity contribution in [3.05, 3.63) is 127 Å². The third kappa shape index (κ3) is 3.27. The Morgan fingerprint density at radius 1 is 0.500 bits per heavy atom. The van der Waals surface area contributed by atoms with Crippen LogP contribution in [-0.4, -0.2) is 14.5 Å². The first kappa shape index (κ1) is 24.7. The van der Waals surface area contributed by atoms with Crippen LogP contribution in [0.25, 0.3) is 101 Å². The van der Waals surface area contributed by atoms with Crippen molar-refractivity contribution >= 4 is 107 Å². The summed E-state index contributed by atoms with van der Waals surface area (Å²) in [6.45, 7) is 0. The highest BCUT2D eigenvalue weighted by Gasteiger charge is 2.23. The van der Waals surface area contributed by atoms with E-state index in [1.807, 2.05) is 23.5 Å². The van der Waals surface area contributed by atoms with E-state index in [2.05, 4.69) is 120 Å². The molecule has 0 aliphatic rings. The summed E-state index contributed by atoms with van der Waals surface area (Å²) in [6.07, 6.45) is 0. The molecule has 0 bridgehead atoms. The SMILES string of the molecule is c1ccc2c(c1)oc1c(-c3nc(-n4c5ccccc5c5cc6c(cc54)sc4ccccc46)nc4c3sc3ccccc34)cccc12. The average molecular weight is 624 g/mol. The van der Waals surface area contributed by atoms with Gasteiger partial charge in [-0.1, -0.05) is 84.9 Å². The summed E-state index contributed by atoms with van der Waals surface area (Å²) in [5.74, 6) is 0.658. The van der Waals surface area contributed by atoms with Crippen LogP contribution in [0.1, 0.15) is 0 Å². The normalized spacial score (nSPS) is 12.3. The van der Waals surface area contributed by atoms with E-state index >= 15 is 0 Å². The molecule has 5 heterocycles. The number of benzene rings is 6. The van der Waals surface area contributed by atoms with Gasteiger partial charge in [0.1, 0.15) is 11.2 Å². The number of thiophene rings is 2. The Bertz CT molecular complexity index is 3050. The van der Waals surface area contributed by atoms with Crippen LogP contribution in [0, 0.1) is 0 Å². The smallest absolute Gasteiger partial charge is 0.235 e. The summed E-state index contributed by atoms with van der Waals surface area (Å²) < 4.78 is 13.6. The van der Waals surface area contributed by atoms with Crippen LogP contribution in [0.5, 0.6) is 0 Å². The van der Waals surface area contributed by atoms with Crippen molar-refractivity contribution in [3.63, 3.8) is 0 Å². The second-order valence-electron chi connectivity index (χ2n) is 11.7. The first-order valence-electron chi connectivity index (χ1n) is 15.2. The number of hydrogen-bond donors (Lipinski definition) is 0. The van der Waals surface area contributed by atoms with Crippen molar-refractivity contribution in [2.75, 3.05) is 0 Å². The van der Waals surface area contributed by atoms with Crippen LogP contribution in [0.2, 0.25) is 0 Å². The molecular formula is C40H21N3OS2. The quantitative estimate of drug-likeness (QED) is 0.192. The van der Waals surface area contributed by atoms with Gasteiger partial charge in [0.15, 0.2) is 0 Å². The van der Waals surface area contributed by atoms with Gasteiger partial charge in [0.05, 0.1) is 26.9 Å². The van der Waals surface area contributed by atoms with Crippen LogP contribution in [-0.2, 0) is 0 Å². The maximum atomic E-state index is 6.55. The minimum atomic E-state index is 0.658. The summed E-state index contributed by atoms with van der Waals surface area (Å²) in [6, 6.07) is 45.1. The van der Waals surface area contributed by atoms with Crippen molar-refractivity contribution in [2.24, 2.45) is 0 Å². The first-order valence-corrected chi connectivity index (χ1v) is 16.9. The number of nitrogens with zero attached hydrogens (tertiary/aromatic N) is 3. The summed E-state index contributed by atoms with van der Waals surface area (Å²) >= 11 is 3.58. The molecule has 0 amide bonds. The number of fused-ring (bicyclic) bond motifs is 12. The standard InChI is InChI=1S/C40H21N3OS2/c1-5-16-30-22(10-1)28-20-29-24-12-3-7-18-33(24)45-35(29)21-31(28)43(30)40-41-36-26-13-4-8-19-34(26)46-39(36)37(42-40)27-15-9-14-25-23-11-2-6-17-32(23)44-38(25)27/h1-21H. The predicted molar refractivity (Wildman–Crippen MR) is 195 cm³/mol. The molecule has 0 aliphatic carbocycles. The number of rotatable bonds is 2. The molecule has 0 atom stereocenters.